The van der Waals surface area contributed by atoms with Gasteiger partial charge < -0.3 is 16.0 Å². The Morgan fingerprint density at radius 1 is 1.31 bits per heavy atom. The monoisotopic (exact) mass is 456 g/mol. The van der Waals surface area contributed by atoms with Crippen molar-refractivity contribution in [1.29, 1.82) is 0 Å². The number of aromatic nitrogens is 5. The molecule has 0 amide bonds. The predicted octanol–water partition coefficient (Wildman–Crippen LogP) is 0.177. The second kappa shape index (κ2) is 7.88. The summed E-state index contributed by atoms with van der Waals surface area (Å²) in [6.45, 7) is 5.01. The van der Waals surface area contributed by atoms with Gasteiger partial charge in [0.25, 0.3) is 0 Å². The maximum Gasteiger partial charge on any atom is 0.226 e. The Kier molecular flexibility index (Phi) is 5.29. The smallest absolute Gasteiger partial charge is 0.226 e. The third-order valence-corrected chi connectivity index (χ3v) is 5.59. The van der Waals surface area contributed by atoms with Gasteiger partial charge >= 0.3 is 0 Å². The highest BCUT2D eigenvalue weighted by atomic mass is 79.9. The fourth-order valence-electron chi connectivity index (χ4n) is 3.73. The number of hydrogen-bond donors (Lipinski definition) is 3. The van der Waals surface area contributed by atoms with Crippen molar-refractivity contribution >= 4 is 33.7 Å². The van der Waals surface area contributed by atoms with Crippen molar-refractivity contribution in [1.82, 2.24) is 29.7 Å². The molecule has 29 heavy (non-hydrogen) atoms. The van der Waals surface area contributed by atoms with E-state index in [9.17, 15) is 0 Å². The normalized spacial score (nSPS) is 22.8. The fourth-order valence-corrected chi connectivity index (χ4v) is 4.03. The number of halogens is 1. The average molecular weight is 457 g/mol. The number of piperazine rings is 1. The molecule has 4 heterocycles. The van der Waals surface area contributed by atoms with Crippen molar-refractivity contribution < 1.29 is 5.41 Å². The first-order valence-corrected chi connectivity index (χ1v) is 10.1. The molecule has 3 atom stereocenters. The van der Waals surface area contributed by atoms with E-state index in [2.05, 4.69) is 54.9 Å². The molecule has 0 saturated carbocycles. The lowest BCUT2D eigenvalue weighted by atomic mass is 9.96. The van der Waals surface area contributed by atoms with Crippen molar-refractivity contribution in [3.63, 3.8) is 0 Å². The number of nitrogens with two attached hydrogens (primary N) is 2. The second-order valence-electron chi connectivity index (χ2n) is 7.10. The third kappa shape index (κ3) is 3.60. The lowest BCUT2D eigenvalue weighted by Crippen LogP contribution is -2.62. The average Bonchev–Trinajstić information content (AvgIpc) is 3.14. The molecule has 1 fully saturated rings. The Morgan fingerprint density at radius 3 is 2.90 bits per heavy atom. The zero-order chi connectivity index (χ0) is 20.5. The summed E-state index contributed by atoms with van der Waals surface area (Å²) in [5.74, 6) is 0.657. The molecule has 9 nitrogen and oxygen atoms in total. The van der Waals surface area contributed by atoms with Crippen LogP contribution in [0.5, 0.6) is 0 Å². The van der Waals surface area contributed by atoms with Crippen LogP contribution in [0.15, 0.2) is 47.2 Å². The summed E-state index contributed by atoms with van der Waals surface area (Å²) >= 11 is 3.41. The van der Waals surface area contributed by atoms with Gasteiger partial charge in [0.2, 0.25) is 5.95 Å². The van der Waals surface area contributed by atoms with E-state index in [4.69, 9.17) is 16.1 Å². The van der Waals surface area contributed by atoms with Crippen LogP contribution in [-0.4, -0.2) is 55.2 Å². The van der Waals surface area contributed by atoms with Crippen LogP contribution in [0.2, 0.25) is 0 Å². The molecule has 3 unspecified atom stereocenters. The van der Waals surface area contributed by atoms with Gasteiger partial charge in [-0.3, -0.25) is 9.81 Å². The van der Waals surface area contributed by atoms with Gasteiger partial charge in [-0.05, 0) is 35.8 Å². The lowest BCUT2D eigenvalue weighted by Gasteiger charge is -2.43. The Bertz CT molecular complexity index is 1080. The molecule has 1 saturated heterocycles. The summed E-state index contributed by atoms with van der Waals surface area (Å²) in [6, 6.07) is 2.15. The Morgan fingerprint density at radius 2 is 2.14 bits per heavy atom. The van der Waals surface area contributed by atoms with Gasteiger partial charge in [-0.15, -0.1) is 0 Å². The molecule has 0 spiro atoms. The molecule has 3 aromatic rings. The van der Waals surface area contributed by atoms with Gasteiger partial charge in [-0.1, -0.05) is 0 Å². The SMILES string of the molecule is CC1CN(c2nccc(-c3cnc4cnc(Br)cn34)n2)C(C)C(/C(C=[NH2+])=C/N)N1. The van der Waals surface area contributed by atoms with E-state index in [1.54, 1.807) is 31.0 Å². The first kappa shape index (κ1) is 19.5. The quantitative estimate of drug-likeness (QED) is 0.478. The number of hydrogen-bond acceptors (Lipinski definition) is 7. The van der Waals surface area contributed by atoms with Gasteiger partial charge in [0.1, 0.15) is 4.60 Å². The van der Waals surface area contributed by atoms with E-state index in [1.165, 1.54) is 0 Å². The third-order valence-electron chi connectivity index (χ3n) is 5.18. The standard InChI is InChI=1S/C19H22BrN9/c1-11-9-28(12(2)18(26-11)13(5-21)6-22)19-23-4-3-14(27-19)15-7-25-17-8-24-16(20)10-29(15)17/h3-8,10-12,18,21,26H,9,22H2,1-2H3/p+1/b13-6+,21-5?. The largest absolute Gasteiger partial charge is 0.404 e. The Hall–Kier alpha value is -2.85. The van der Waals surface area contributed by atoms with Crippen LogP contribution in [0.25, 0.3) is 17.0 Å². The fraction of sp³-hybridized carbons (Fsp3) is 0.316. The maximum atomic E-state index is 5.78. The molecule has 5 N–H and O–H groups in total. The van der Waals surface area contributed by atoms with Crippen LogP contribution in [-0.2, 0) is 0 Å². The summed E-state index contributed by atoms with van der Waals surface area (Å²) in [7, 11) is 0. The topological polar surface area (TPSA) is 123 Å². The molecule has 3 aromatic heterocycles. The minimum atomic E-state index is -0.0150. The predicted molar refractivity (Wildman–Crippen MR) is 115 cm³/mol. The van der Waals surface area contributed by atoms with Gasteiger partial charge in [0, 0.05) is 42.8 Å². The molecular weight excluding hydrogens is 434 g/mol. The first-order valence-electron chi connectivity index (χ1n) is 9.33. The van der Waals surface area contributed by atoms with Crippen LogP contribution in [0, 0.1) is 0 Å². The van der Waals surface area contributed by atoms with Crippen LogP contribution in [0.3, 0.4) is 0 Å². The molecule has 10 heteroatoms. The highest BCUT2D eigenvalue weighted by molar-refractivity contribution is 9.10. The molecule has 0 radical (unpaired) electrons. The highest BCUT2D eigenvalue weighted by Crippen LogP contribution is 2.25. The van der Waals surface area contributed by atoms with E-state index in [0.29, 0.717) is 5.95 Å². The van der Waals surface area contributed by atoms with Gasteiger partial charge in [0.05, 0.1) is 29.8 Å². The minimum absolute atomic E-state index is 0.0150. The summed E-state index contributed by atoms with van der Waals surface area (Å²) in [4.78, 5) is 20.2. The summed E-state index contributed by atoms with van der Waals surface area (Å²) in [6.07, 6.45) is 10.2. The zero-order valence-electron chi connectivity index (χ0n) is 16.2. The van der Waals surface area contributed by atoms with Crippen molar-refractivity contribution in [3.05, 3.63) is 47.2 Å². The van der Waals surface area contributed by atoms with Crippen LogP contribution in [0.1, 0.15) is 13.8 Å². The van der Waals surface area contributed by atoms with Crippen LogP contribution >= 0.6 is 15.9 Å². The maximum absolute atomic E-state index is 5.78. The molecule has 4 rings (SSSR count). The van der Waals surface area contributed by atoms with Crippen molar-refractivity contribution in [3.8, 4) is 11.4 Å². The van der Waals surface area contributed by atoms with E-state index in [0.717, 1.165) is 33.8 Å². The number of fused-ring (bicyclic) bond motifs is 1. The molecule has 1 aliphatic rings. The molecule has 0 aliphatic carbocycles. The number of nitrogens with zero attached hydrogens (tertiary/aromatic N) is 6. The minimum Gasteiger partial charge on any atom is -0.404 e. The van der Waals surface area contributed by atoms with E-state index >= 15 is 0 Å². The molecule has 0 bridgehead atoms. The van der Waals surface area contributed by atoms with E-state index in [1.807, 2.05) is 16.7 Å². The summed E-state index contributed by atoms with van der Waals surface area (Å²) in [5.41, 5.74) is 9.04. The van der Waals surface area contributed by atoms with Gasteiger partial charge in [0.15, 0.2) is 11.9 Å². The zero-order valence-corrected chi connectivity index (χ0v) is 17.8. The van der Waals surface area contributed by atoms with E-state index in [-0.39, 0.29) is 18.1 Å². The van der Waals surface area contributed by atoms with Crippen molar-refractivity contribution in [2.45, 2.75) is 32.0 Å². The van der Waals surface area contributed by atoms with Crippen LogP contribution < -0.4 is 21.4 Å². The second-order valence-corrected chi connectivity index (χ2v) is 7.91. The Labute approximate surface area is 176 Å². The molecular formula is C19H23BrN9+. The molecule has 0 aromatic carbocycles. The summed E-state index contributed by atoms with van der Waals surface area (Å²) < 4.78 is 2.68. The number of rotatable bonds is 4. The highest BCUT2D eigenvalue weighted by Gasteiger charge is 2.35. The van der Waals surface area contributed by atoms with E-state index < -0.39 is 0 Å². The summed E-state index contributed by atoms with van der Waals surface area (Å²) in [5, 5.41) is 9.33. The lowest BCUT2D eigenvalue weighted by molar-refractivity contribution is -0.105. The van der Waals surface area contributed by atoms with Crippen molar-refractivity contribution in [2.24, 2.45) is 5.73 Å². The van der Waals surface area contributed by atoms with Crippen LogP contribution in [0.4, 0.5) is 5.95 Å². The number of imidazole rings is 1. The van der Waals surface area contributed by atoms with Crippen molar-refractivity contribution in [2.75, 3.05) is 11.4 Å². The van der Waals surface area contributed by atoms with Gasteiger partial charge in [-0.25, -0.2) is 19.9 Å². The molecule has 150 valence electrons. The van der Waals surface area contributed by atoms with Gasteiger partial charge in [-0.2, -0.15) is 0 Å². The molecule has 1 aliphatic heterocycles. The Balaban J connectivity index is 1.72. The number of nitrogens with one attached hydrogen (secondary N) is 1. The number of anilines is 1. The first-order chi connectivity index (χ1) is 14.0.